The number of thiazole rings is 1. The van der Waals surface area contributed by atoms with E-state index < -0.39 is 0 Å². The molecule has 2 heterocycles. The van der Waals surface area contributed by atoms with E-state index in [0.29, 0.717) is 23.8 Å². The zero-order valence-corrected chi connectivity index (χ0v) is 22.1. The molecule has 0 aliphatic carbocycles. The minimum atomic E-state index is 0.173. The highest BCUT2D eigenvalue weighted by molar-refractivity contribution is 7.07. The Morgan fingerprint density at radius 1 is 0.971 bits per heavy atom. The van der Waals surface area contributed by atoms with Gasteiger partial charge in [-0.25, -0.2) is 4.68 Å². The Morgan fingerprint density at radius 2 is 1.69 bits per heavy atom. The highest BCUT2D eigenvalue weighted by Crippen LogP contribution is 2.34. The van der Waals surface area contributed by atoms with Gasteiger partial charge in [-0.05, 0) is 62.4 Å². The molecule has 1 unspecified atom stereocenters. The molecule has 1 saturated heterocycles. The van der Waals surface area contributed by atoms with Crippen LogP contribution in [0.2, 0.25) is 0 Å². The van der Waals surface area contributed by atoms with Crippen LogP contribution in [0.4, 0.5) is 0 Å². The van der Waals surface area contributed by atoms with E-state index >= 15 is 0 Å². The van der Waals surface area contributed by atoms with Crippen LogP contribution in [0, 0.1) is 20.8 Å². The second-order valence-electron chi connectivity index (χ2n) is 8.64. The fourth-order valence-electron chi connectivity index (χ4n) is 4.18. The zero-order valence-electron chi connectivity index (χ0n) is 21.3. The molecule has 7 nitrogen and oxygen atoms in total. The largest absolute Gasteiger partial charge is 0.496 e. The minimum Gasteiger partial charge on any atom is -0.496 e. The number of hydrogen-bond donors (Lipinski definition) is 0. The Hall–Kier alpha value is -3.10. The van der Waals surface area contributed by atoms with Gasteiger partial charge in [0, 0.05) is 29.2 Å². The molecule has 35 heavy (non-hydrogen) atoms. The van der Waals surface area contributed by atoms with Crippen LogP contribution >= 0.6 is 11.3 Å². The summed E-state index contributed by atoms with van der Waals surface area (Å²) in [5.41, 5.74) is 6.62. The van der Waals surface area contributed by atoms with Crippen LogP contribution < -0.4 is 19.0 Å². The van der Waals surface area contributed by atoms with Crippen LogP contribution in [0.1, 0.15) is 35.1 Å². The molecular formula is C27H33N3O4S. The summed E-state index contributed by atoms with van der Waals surface area (Å²) < 4.78 is 24.2. The number of nitrogens with zero attached hydrogens (tertiary/aromatic N) is 3. The van der Waals surface area contributed by atoms with E-state index in [9.17, 15) is 0 Å². The average molecular weight is 496 g/mol. The van der Waals surface area contributed by atoms with Crippen molar-refractivity contribution >= 4 is 17.6 Å². The normalized spacial score (nSPS) is 16.3. The summed E-state index contributed by atoms with van der Waals surface area (Å²) in [5.74, 6) is 1.85. The third-order valence-electron chi connectivity index (χ3n) is 6.30. The van der Waals surface area contributed by atoms with Crippen molar-refractivity contribution in [2.75, 3.05) is 34.5 Å². The summed E-state index contributed by atoms with van der Waals surface area (Å²) in [6.45, 7) is 7.84. The Balaban J connectivity index is 1.82. The minimum absolute atomic E-state index is 0.173. The first-order valence-corrected chi connectivity index (χ1v) is 12.6. The number of aromatic nitrogens is 1. The van der Waals surface area contributed by atoms with E-state index in [2.05, 4.69) is 38.3 Å². The van der Waals surface area contributed by atoms with Gasteiger partial charge in [0.2, 0.25) is 4.80 Å². The molecule has 2 aromatic carbocycles. The van der Waals surface area contributed by atoms with E-state index in [1.807, 2.05) is 10.7 Å². The van der Waals surface area contributed by atoms with Crippen LogP contribution in [0.5, 0.6) is 17.2 Å². The number of hydrogen-bond acceptors (Lipinski definition) is 7. The lowest BCUT2D eigenvalue weighted by atomic mass is 9.99. The van der Waals surface area contributed by atoms with Gasteiger partial charge in [0.15, 0.2) is 11.5 Å². The molecule has 1 aromatic heterocycles. The van der Waals surface area contributed by atoms with Crippen LogP contribution in [0.3, 0.4) is 0 Å². The second kappa shape index (κ2) is 11.1. The maximum Gasteiger partial charge on any atom is 0.206 e. The third-order valence-corrected chi connectivity index (χ3v) is 7.16. The van der Waals surface area contributed by atoms with Gasteiger partial charge < -0.3 is 18.9 Å². The van der Waals surface area contributed by atoms with E-state index in [0.717, 1.165) is 41.1 Å². The Bertz CT molecular complexity index is 1290. The first-order chi connectivity index (χ1) is 16.9. The maximum absolute atomic E-state index is 5.78. The molecular weight excluding hydrogens is 462 g/mol. The lowest BCUT2D eigenvalue weighted by molar-refractivity contribution is 0.117. The fourth-order valence-corrected chi connectivity index (χ4v) is 5.02. The standard InChI is InChI=1S/C27H33N3O4S/c1-17-10-19(3)22(11-18(17)2)23-16-35-27(28-15-21-8-7-9-34-21)30(23)29-14-20-12-25(32-5)26(33-6)13-24(20)31-4/h10-14,16,21H,7-9,15H2,1-6H3. The number of aryl methyl sites for hydroxylation is 3. The molecule has 0 N–H and O–H groups in total. The summed E-state index contributed by atoms with van der Waals surface area (Å²) in [5, 5.41) is 7.00. The van der Waals surface area contributed by atoms with Crippen molar-refractivity contribution < 1.29 is 18.9 Å². The van der Waals surface area contributed by atoms with Gasteiger partial charge in [0.25, 0.3) is 0 Å². The van der Waals surface area contributed by atoms with Gasteiger partial charge in [-0.1, -0.05) is 6.07 Å². The quantitative estimate of drug-likeness (QED) is 0.407. The van der Waals surface area contributed by atoms with Crippen molar-refractivity contribution in [3.63, 3.8) is 0 Å². The van der Waals surface area contributed by atoms with Crippen LogP contribution in [0.25, 0.3) is 11.3 Å². The second-order valence-corrected chi connectivity index (χ2v) is 9.47. The van der Waals surface area contributed by atoms with Crippen LogP contribution in [0.15, 0.2) is 39.7 Å². The summed E-state index contributed by atoms with van der Waals surface area (Å²) in [4.78, 5) is 5.71. The van der Waals surface area contributed by atoms with Crippen molar-refractivity contribution in [2.45, 2.75) is 39.7 Å². The number of benzene rings is 2. The van der Waals surface area contributed by atoms with E-state index in [1.165, 1.54) is 16.7 Å². The predicted molar refractivity (Wildman–Crippen MR) is 140 cm³/mol. The monoisotopic (exact) mass is 495 g/mol. The topological polar surface area (TPSA) is 66.6 Å². The number of methoxy groups -OCH3 is 3. The van der Waals surface area contributed by atoms with Gasteiger partial charge in [-0.15, -0.1) is 11.3 Å². The van der Waals surface area contributed by atoms with Gasteiger partial charge in [-0.3, -0.25) is 4.99 Å². The molecule has 1 fully saturated rings. The number of ether oxygens (including phenoxy) is 4. The molecule has 1 aliphatic rings. The molecule has 0 bridgehead atoms. The molecule has 4 rings (SSSR count). The van der Waals surface area contributed by atoms with E-state index in [1.54, 1.807) is 44.9 Å². The van der Waals surface area contributed by atoms with Crippen molar-refractivity contribution in [1.29, 1.82) is 0 Å². The van der Waals surface area contributed by atoms with Gasteiger partial charge in [0.1, 0.15) is 5.75 Å². The lowest BCUT2D eigenvalue weighted by Gasteiger charge is -2.13. The van der Waals surface area contributed by atoms with Crippen molar-refractivity contribution in [3.8, 4) is 28.5 Å². The van der Waals surface area contributed by atoms with Crippen molar-refractivity contribution in [3.05, 3.63) is 56.7 Å². The van der Waals surface area contributed by atoms with Crippen molar-refractivity contribution in [2.24, 2.45) is 10.1 Å². The Kier molecular flexibility index (Phi) is 7.93. The number of rotatable bonds is 8. The third kappa shape index (κ3) is 5.44. The summed E-state index contributed by atoms with van der Waals surface area (Å²) >= 11 is 1.58. The molecule has 8 heteroatoms. The molecule has 186 valence electrons. The van der Waals surface area contributed by atoms with Crippen molar-refractivity contribution in [1.82, 2.24) is 4.68 Å². The lowest BCUT2D eigenvalue weighted by Crippen LogP contribution is -2.17. The smallest absolute Gasteiger partial charge is 0.206 e. The van der Waals surface area contributed by atoms with Crippen LogP contribution in [-0.2, 0) is 4.74 Å². The molecule has 0 saturated carbocycles. The van der Waals surface area contributed by atoms with E-state index in [-0.39, 0.29) is 6.10 Å². The Labute approximate surface area is 210 Å². The summed E-state index contributed by atoms with van der Waals surface area (Å²) in [7, 11) is 4.84. The molecule has 0 amide bonds. The van der Waals surface area contributed by atoms with Gasteiger partial charge in [-0.2, -0.15) is 5.10 Å². The molecule has 1 aliphatic heterocycles. The SMILES string of the molecule is COc1cc(OC)c(OC)cc1C=Nn1c(-c2cc(C)c(C)cc2C)csc1=NCC1CCCO1. The Morgan fingerprint density at radius 3 is 2.37 bits per heavy atom. The molecule has 1 atom stereocenters. The molecule has 0 spiro atoms. The first kappa shape index (κ1) is 25.0. The summed E-state index contributed by atoms with van der Waals surface area (Å²) in [6, 6.07) is 8.10. The van der Waals surface area contributed by atoms with Gasteiger partial charge in [0.05, 0.1) is 45.9 Å². The molecule has 3 aromatic rings. The molecule has 0 radical (unpaired) electrons. The highest BCUT2D eigenvalue weighted by atomic mass is 32.1. The average Bonchev–Trinajstić information content (AvgIpc) is 3.52. The van der Waals surface area contributed by atoms with Gasteiger partial charge >= 0.3 is 0 Å². The summed E-state index contributed by atoms with van der Waals surface area (Å²) in [6.07, 6.45) is 4.09. The predicted octanol–water partition coefficient (Wildman–Crippen LogP) is 5.13. The first-order valence-electron chi connectivity index (χ1n) is 11.7. The maximum atomic E-state index is 5.78. The van der Waals surface area contributed by atoms with E-state index in [4.69, 9.17) is 29.0 Å². The zero-order chi connectivity index (χ0) is 24.9. The highest BCUT2D eigenvalue weighted by Gasteiger charge is 2.16. The van der Waals surface area contributed by atoms with Crippen LogP contribution in [-0.4, -0.2) is 51.5 Å². The fraction of sp³-hybridized carbons (Fsp3) is 0.407.